The molecule has 0 radical (unpaired) electrons. The van der Waals surface area contributed by atoms with Gasteiger partial charge in [-0.25, -0.2) is 14.3 Å². The lowest BCUT2D eigenvalue weighted by molar-refractivity contribution is -0.137. The van der Waals surface area contributed by atoms with Gasteiger partial charge in [-0.15, -0.1) is 6.58 Å². The molecule has 0 aliphatic rings. The number of aliphatic carboxylic acids is 1. The number of carboxylic acid groups (broad SMARTS) is 1. The molecular weight excluding hydrogens is 220 g/mol. The second-order valence-corrected chi connectivity index (χ2v) is 3.51. The summed E-state index contributed by atoms with van der Waals surface area (Å²) in [6.45, 7) is 3.53. The first kappa shape index (κ1) is 11.1. The molecule has 0 bridgehead atoms. The standard InChI is InChI=1S/C11H12N4O2/c1-2-3-8(11(16)17)13-9-5-7-15-10(14-9)4-6-12-15/h2,4-8H,1,3H2,(H,13,14)(H,16,17). The Morgan fingerprint density at radius 1 is 1.65 bits per heavy atom. The van der Waals surface area contributed by atoms with E-state index in [1.165, 1.54) is 0 Å². The Balaban J connectivity index is 2.20. The van der Waals surface area contributed by atoms with E-state index in [9.17, 15) is 4.79 Å². The second kappa shape index (κ2) is 4.65. The van der Waals surface area contributed by atoms with Crippen LogP contribution in [0.5, 0.6) is 0 Å². The molecule has 1 atom stereocenters. The highest BCUT2D eigenvalue weighted by Gasteiger charge is 2.15. The van der Waals surface area contributed by atoms with E-state index in [0.29, 0.717) is 17.9 Å². The van der Waals surface area contributed by atoms with Crippen LogP contribution in [0.15, 0.2) is 37.2 Å². The van der Waals surface area contributed by atoms with Crippen molar-refractivity contribution in [3.8, 4) is 0 Å². The van der Waals surface area contributed by atoms with Crippen molar-refractivity contribution in [1.29, 1.82) is 0 Å². The van der Waals surface area contributed by atoms with E-state index in [1.807, 2.05) is 0 Å². The summed E-state index contributed by atoms with van der Waals surface area (Å²) in [4.78, 5) is 15.2. The lowest BCUT2D eigenvalue weighted by Gasteiger charge is -2.12. The van der Waals surface area contributed by atoms with E-state index in [-0.39, 0.29) is 0 Å². The number of anilines is 1. The predicted octanol–water partition coefficient (Wildman–Crippen LogP) is 1.17. The first-order chi connectivity index (χ1) is 8.20. The molecule has 2 aromatic rings. The number of hydrogen-bond acceptors (Lipinski definition) is 4. The van der Waals surface area contributed by atoms with Crippen LogP contribution in [-0.2, 0) is 4.79 Å². The van der Waals surface area contributed by atoms with E-state index >= 15 is 0 Å². The second-order valence-electron chi connectivity index (χ2n) is 3.51. The fraction of sp³-hybridized carbons (Fsp3) is 0.182. The van der Waals surface area contributed by atoms with Gasteiger partial charge >= 0.3 is 5.97 Å². The molecule has 88 valence electrons. The van der Waals surface area contributed by atoms with Crippen molar-refractivity contribution in [2.75, 3.05) is 5.32 Å². The molecule has 2 rings (SSSR count). The molecule has 2 N–H and O–H groups in total. The molecular formula is C11H12N4O2. The van der Waals surface area contributed by atoms with E-state index < -0.39 is 12.0 Å². The van der Waals surface area contributed by atoms with Crippen LogP contribution in [-0.4, -0.2) is 31.7 Å². The Kier molecular flexibility index (Phi) is 3.04. The van der Waals surface area contributed by atoms with Crippen LogP contribution >= 0.6 is 0 Å². The van der Waals surface area contributed by atoms with Gasteiger partial charge in [0.15, 0.2) is 5.65 Å². The van der Waals surface area contributed by atoms with Crippen molar-refractivity contribution in [3.05, 3.63) is 37.2 Å². The molecule has 6 heteroatoms. The van der Waals surface area contributed by atoms with Crippen LogP contribution in [0.25, 0.3) is 5.65 Å². The highest BCUT2D eigenvalue weighted by molar-refractivity contribution is 5.77. The van der Waals surface area contributed by atoms with E-state index in [1.54, 1.807) is 35.1 Å². The molecule has 0 saturated heterocycles. The third-order valence-corrected chi connectivity index (χ3v) is 2.28. The summed E-state index contributed by atoms with van der Waals surface area (Å²) in [5.74, 6) is -0.424. The zero-order valence-corrected chi connectivity index (χ0v) is 9.08. The third-order valence-electron chi connectivity index (χ3n) is 2.28. The van der Waals surface area contributed by atoms with Crippen molar-refractivity contribution in [2.24, 2.45) is 0 Å². The number of aromatic nitrogens is 3. The van der Waals surface area contributed by atoms with Gasteiger partial charge in [0, 0.05) is 12.3 Å². The smallest absolute Gasteiger partial charge is 0.326 e. The van der Waals surface area contributed by atoms with Crippen molar-refractivity contribution >= 4 is 17.4 Å². The van der Waals surface area contributed by atoms with Crippen LogP contribution in [0.1, 0.15) is 6.42 Å². The van der Waals surface area contributed by atoms with E-state index in [4.69, 9.17) is 5.11 Å². The number of nitrogens with one attached hydrogen (secondary N) is 1. The maximum Gasteiger partial charge on any atom is 0.326 e. The fourth-order valence-corrected chi connectivity index (χ4v) is 1.46. The summed E-state index contributed by atoms with van der Waals surface area (Å²) in [5.41, 5.74) is 0.665. The lowest BCUT2D eigenvalue weighted by Crippen LogP contribution is -2.29. The molecule has 0 aliphatic heterocycles. The van der Waals surface area contributed by atoms with E-state index in [0.717, 1.165) is 0 Å². The highest BCUT2D eigenvalue weighted by Crippen LogP contribution is 2.09. The van der Waals surface area contributed by atoms with Gasteiger partial charge in [-0.2, -0.15) is 5.10 Å². The number of nitrogens with zero attached hydrogens (tertiary/aromatic N) is 3. The first-order valence-corrected chi connectivity index (χ1v) is 5.11. The fourth-order valence-electron chi connectivity index (χ4n) is 1.46. The quantitative estimate of drug-likeness (QED) is 0.756. The largest absolute Gasteiger partial charge is 0.480 e. The predicted molar refractivity (Wildman–Crippen MR) is 62.8 cm³/mol. The lowest BCUT2D eigenvalue weighted by atomic mass is 10.2. The molecule has 0 aliphatic carbocycles. The molecule has 6 nitrogen and oxygen atoms in total. The topological polar surface area (TPSA) is 79.5 Å². The molecule has 0 saturated carbocycles. The van der Waals surface area contributed by atoms with E-state index in [2.05, 4.69) is 22.0 Å². The molecule has 17 heavy (non-hydrogen) atoms. The van der Waals surface area contributed by atoms with Gasteiger partial charge in [-0.05, 0) is 12.5 Å². The van der Waals surface area contributed by atoms with Gasteiger partial charge in [0.1, 0.15) is 11.9 Å². The first-order valence-electron chi connectivity index (χ1n) is 5.11. The Labute approximate surface area is 97.6 Å². The van der Waals surface area contributed by atoms with Crippen molar-refractivity contribution in [2.45, 2.75) is 12.5 Å². The van der Waals surface area contributed by atoms with Crippen LogP contribution in [0, 0.1) is 0 Å². The van der Waals surface area contributed by atoms with Gasteiger partial charge in [-0.3, -0.25) is 0 Å². The van der Waals surface area contributed by atoms with Crippen molar-refractivity contribution < 1.29 is 9.90 Å². The average Bonchev–Trinajstić information content (AvgIpc) is 2.75. The van der Waals surface area contributed by atoms with Crippen molar-refractivity contribution in [1.82, 2.24) is 14.6 Å². The molecule has 0 aromatic carbocycles. The van der Waals surface area contributed by atoms with Gasteiger partial charge in [0.05, 0.1) is 6.20 Å². The molecule has 2 heterocycles. The number of carboxylic acids is 1. The third kappa shape index (κ3) is 2.41. The van der Waals surface area contributed by atoms with Gasteiger partial charge in [0.25, 0.3) is 0 Å². The molecule has 1 unspecified atom stereocenters. The number of rotatable bonds is 5. The normalized spacial score (nSPS) is 12.2. The Hall–Kier alpha value is -2.37. The molecule has 2 aromatic heterocycles. The maximum atomic E-state index is 11.0. The highest BCUT2D eigenvalue weighted by atomic mass is 16.4. The minimum Gasteiger partial charge on any atom is -0.480 e. The molecule has 0 fully saturated rings. The monoisotopic (exact) mass is 232 g/mol. The van der Waals surface area contributed by atoms with Crippen LogP contribution < -0.4 is 5.32 Å². The minimum absolute atomic E-state index is 0.335. The SMILES string of the molecule is C=CCC(Nc1ccn2nccc2n1)C(=O)O. The minimum atomic E-state index is -0.930. The van der Waals surface area contributed by atoms with Gasteiger partial charge in [-0.1, -0.05) is 6.08 Å². The van der Waals surface area contributed by atoms with Crippen LogP contribution in [0.3, 0.4) is 0 Å². The van der Waals surface area contributed by atoms with Crippen LogP contribution in [0.2, 0.25) is 0 Å². The number of fused-ring (bicyclic) bond motifs is 1. The number of carbonyl (C=O) groups is 1. The summed E-state index contributed by atoms with van der Waals surface area (Å²) < 4.78 is 1.61. The van der Waals surface area contributed by atoms with Gasteiger partial charge < -0.3 is 10.4 Å². The van der Waals surface area contributed by atoms with Gasteiger partial charge in [0.2, 0.25) is 0 Å². The summed E-state index contributed by atoms with van der Waals surface area (Å²) in [6.07, 6.45) is 5.24. The summed E-state index contributed by atoms with van der Waals surface area (Å²) in [6, 6.07) is 2.71. The summed E-state index contributed by atoms with van der Waals surface area (Å²) in [7, 11) is 0. The summed E-state index contributed by atoms with van der Waals surface area (Å²) in [5, 5.41) is 15.8. The Bertz CT molecular complexity index is 549. The van der Waals surface area contributed by atoms with Crippen LogP contribution in [0.4, 0.5) is 5.82 Å². The average molecular weight is 232 g/mol. The summed E-state index contributed by atoms with van der Waals surface area (Å²) >= 11 is 0. The molecule has 0 amide bonds. The Morgan fingerprint density at radius 2 is 2.47 bits per heavy atom. The Morgan fingerprint density at radius 3 is 3.18 bits per heavy atom. The molecule has 0 spiro atoms. The zero-order chi connectivity index (χ0) is 12.3. The zero-order valence-electron chi connectivity index (χ0n) is 9.08. The maximum absolute atomic E-state index is 11.0. The van der Waals surface area contributed by atoms with Crippen molar-refractivity contribution in [3.63, 3.8) is 0 Å². The number of hydrogen-bond donors (Lipinski definition) is 2.